The predicted octanol–water partition coefficient (Wildman–Crippen LogP) is 1.68. The number of para-hydroxylation sites is 1. The molecular formula is C14H19NO4. The van der Waals surface area contributed by atoms with Gasteiger partial charge in [-0.3, -0.25) is 9.59 Å². The Morgan fingerprint density at radius 1 is 1.32 bits per heavy atom. The van der Waals surface area contributed by atoms with Crippen LogP contribution in [-0.2, 0) is 9.59 Å². The molecule has 0 saturated heterocycles. The van der Waals surface area contributed by atoms with Crippen LogP contribution in [0.5, 0.6) is 5.75 Å². The topological polar surface area (TPSA) is 75.6 Å². The van der Waals surface area contributed by atoms with Crippen LogP contribution in [0.25, 0.3) is 0 Å². The zero-order valence-corrected chi connectivity index (χ0v) is 11.0. The van der Waals surface area contributed by atoms with Crippen molar-refractivity contribution in [2.45, 2.75) is 19.8 Å². The molecule has 0 radical (unpaired) electrons. The highest BCUT2D eigenvalue weighted by Gasteiger charge is 2.15. The van der Waals surface area contributed by atoms with E-state index in [1.165, 1.54) is 0 Å². The normalized spacial score (nSPS) is 11.6. The first-order chi connectivity index (χ1) is 9.13. The molecule has 0 fully saturated rings. The maximum Gasteiger partial charge on any atom is 0.308 e. The fourth-order valence-corrected chi connectivity index (χ4v) is 1.51. The largest absolute Gasteiger partial charge is 0.493 e. The Hall–Kier alpha value is -2.04. The number of carboxylic acid groups (broad SMARTS) is 1. The zero-order chi connectivity index (χ0) is 14.1. The number of amides is 1. The van der Waals surface area contributed by atoms with Crippen LogP contribution in [0.3, 0.4) is 0 Å². The van der Waals surface area contributed by atoms with E-state index in [0.717, 1.165) is 0 Å². The number of carbonyl (C=O) groups is 2. The molecule has 2 N–H and O–H groups in total. The summed E-state index contributed by atoms with van der Waals surface area (Å²) in [5.74, 6) is -0.898. The van der Waals surface area contributed by atoms with Crippen LogP contribution >= 0.6 is 0 Å². The Bertz CT molecular complexity index is 405. The summed E-state index contributed by atoms with van der Waals surface area (Å²) in [4.78, 5) is 22.3. The first-order valence-electron chi connectivity index (χ1n) is 6.30. The quantitative estimate of drug-likeness (QED) is 0.750. The van der Waals surface area contributed by atoms with E-state index >= 15 is 0 Å². The van der Waals surface area contributed by atoms with Crippen molar-refractivity contribution < 1.29 is 19.4 Å². The molecule has 1 atom stereocenters. The van der Waals surface area contributed by atoms with Gasteiger partial charge >= 0.3 is 5.97 Å². The van der Waals surface area contributed by atoms with Crippen LogP contribution in [0.4, 0.5) is 0 Å². The highest BCUT2D eigenvalue weighted by atomic mass is 16.5. The van der Waals surface area contributed by atoms with E-state index in [9.17, 15) is 9.59 Å². The second-order valence-electron chi connectivity index (χ2n) is 4.16. The van der Waals surface area contributed by atoms with Crippen molar-refractivity contribution >= 4 is 11.9 Å². The molecule has 1 unspecified atom stereocenters. The summed E-state index contributed by atoms with van der Waals surface area (Å²) in [5.41, 5.74) is 0. The molecule has 0 aliphatic rings. The van der Waals surface area contributed by atoms with E-state index in [4.69, 9.17) is 9.84 Å². The molecule has 5 nitrogen and oxygen atoms in total. The second-order valence-corrected chi connectivity index (χ2v) is 4.16. The first kappa shape index (κ1) is 15.0. The SMILES string of the molecule is CCC(CNC(=O)CCOc1ccccc1)C(=O)O. The number of ether oxygens (including phenoxy) is 1. The third-order valence-electron chi connectivity index (χ3n) is 2.73. The van der Waals surface area contributed by atoms with Gasteiger partial charge in [0.05, 0.1) is 18.9 Å². The lowest BCUT2D eigenvalue weighted by Gasteiger charge is -2.11. The third-order valence-corrected chi connectivity index (χ3v) is 2.73. The molecule has 0 spiro atoms. The van der Waals surface area contributed by atoms with Crippen LogP contribution in [0.15, 0.2) is 30.3 Å². The van der Waals surface area contributed by atoms with Crippen molar-refractivity contribution in [3.05, 3.63) is 30.3 Å². The van der Waals surface area contributed by atoms with Crippen LogP contribution in [0.2, 0.25) is 0 Å². The third kappa shape index (κ3) is 5.90. The first-order valence-corrected chi connectivity index (χ1v) is 6.30. The summed E-state index contributed by atoms with van der Waals surface area (Å²) in [7, 11) is 0. The van der Waals surface area contributed by atoms with Gasteiger partial charge in [-0.2, -0.15) is 0 Å². The Kier molecular flexibility index (Phi) is 6.43. The van der Waals surface area contributed by atoms with Gasteiger partial charge < -0.3 is 15.2 Å². The van der Waals surface area contributed by atoms with Gasteiger partial charge in [-0.15, -0.1) is 0 Å². The summed E-state index contributed by atoms with van der Waals surface area (Å²) in [5, 5.41) is 11.4. The highest BCUT2D eigenvalue weighted by molar-refractivity contribution is 5.77. The minimum atomic E-state index is -0.886. The van der Waals surface area contributed by atoms with Gasteiger partial charge in [0.2, 0.25) is 5.91 Å². The lowest BCUT2D eigenvalue weighted by molar-refractivity contribution is -0.141. The molecule has 0 saturated carbocycles. The van der Waals surface area contributed by atoms with Gasteiger partial charge in [0.1, 0.15) is 5.75 Å². The van der Waals surface area contributed by atoms with Crippen LogP contribution in [-0.4, -0.2) is 30.1 Å². The number of aliphatic carboxylic acids is 1. The number of hydrogen-bond acceptors (Lipinski definition) is 3. The zero-order valence-electron chi connectivity index (χ0n) is 11.0. The lowest BCUT2D eigenvalue weighted by Crippen LogP contribution is -2.33. The maximum atomic E-state index is 11.5. The predicted molar refractivity (Wildman–Crippen MR) is 71.0 cm³/mol. The number of benzene rings is 1. The van der Waals surface area contributed by atoms with E-state index in [2.05, 4.69) is 5.32 Å². The molecule has 0 aliphatic carbocycles. The molecule has 1 aromatic rings. The molecular weight excluding hydrogens is 246 g/mol. The fourth-order valence-electron chi connectivity index (χ4n) is 1.51. The fraction of sp³-hybridized carbons (Fsp3) is 0.429. The Morgan fingerprint density at radius 2 is 2.00 bits per heavy atom. The van der Waals surface area contributed by atoms with E-state index < -0.39 is 11.9 Å². The van der Waals surface area contributed by atoms with Crippen molar-refractivity contribution in [3.8, 4) is 5.75 Å². The molecule has 0 aromatic heterocycles. The molecule has 104 valence electrons. The highest BCUT2D eigenvalue weighted by Crippen LogP contribution is 2.08. The average molecular weight is 265 g/mol. The number of carbonyl (C=O) groups excluding carboxylic acids is 1. The Balaban J connectivity index is 2.19. The van der Waals surface area contributed by atoms with Crippen LogP contribution in [0.1, 0.15) is 19.8 Å². The van der Waals surface area contributed by atoms with Gasteiger partial charge in [-0.05, 0) is 18.6 Å². The summed E-state index contributed by atoms with van der Waals surface area (Å²) in [6, 6.07) is 9.23. The van der Waals surface area contributed by atoms with Crippen LogP contribution in [0, 0.1) is 5.92 Å². The molecule has 0 bridgehead atoms. The lowest BCUT2D eigenvalue weighted by atomic mass is 10.1. The average Bonchev–Trinajstić information content (AvgIpc) is 2.40. The molecule has 1 rings (SSSR count). The molecule has 5 heteroatoms. The van der Waals surface area contributed by atoms with Gasteiger partial charge in [-0.25, -0.2) is 0 Å². The van der Waals surface area contributed by atoms with E-state index in [1.54, 1.807) is 6.92 Å². The monoisotopic (exact) mass is 265 g/mol. The van der Waals surface area contributed by atoms with Crippen molar-refractivity contribution in [1.82, 2.24) is 5.32 Å². The number of rotatable bonds is 8. The van der Waals surface area contributed by atoms with Crippen molar-refractivity contribution in [2.24, 2.45) is 5.92 Å². The number of hydrogen-bond donors (Lipinski definition) is 2. The van der Waals surface area contributed by atoms with Crippen molar-refractivity contribution in [1.29, 1.82) is 0 Å². The summed E-state index contributed by atoms with van der Waals surface area (Å²) in [6.45, 7) is 2.22. The van der Waals surface area contributed by atoms with Gasteiger partial charge in [0, 0.05) is 6.54 Å². The molecule has 1 aromatic carbocycles. The maximum absolute atomic E-state index is 11.5. The smallest absolute Gasteiger partial charge is 0.308 e. The number of carboxylic acids is 1. The Labute approximate surface area is 112 Å². The van der Waals surface area contributed by atoms with E-state index in [1.807, 2.05) is 30.3 Å². The summed E-state index contributed by atoms with van der Waals surface area (Å²) >= 11 is 0. The van der Waals surface area contributed by atoms with Gasteiger partial charge in [0.15, 0.2) is 0 Å². The van der Waals surface area contributed by atoms with Gasteiger partial charge in [0.25, 0.3) is 0 Å². The van der Waals surface area contributed by atoms with Gasteiger partial charge in [-0.1, -0.05) is 25.1 Å². The summed E-state index contributed by atoms with van der Waals surface area (Å²) < 4.78 is 5.38. The van der Waals surface area contributed by atoms with Crippen LogP contribution < -0.4 is 10.1 Å². The molecule has 0 aliphatic heterocycles. The molecule has 19 heavy (non-hydrogen) atoms. The van der Waals surface area contributed by atoms with Crippen molar-refractivity contribution in [2.75, 3.05) is 13.2 Å². The van der Waals surface area contributed by atoms with Crippen molar-refractivity contribution in [3.63, 3.8) is 0 Å². The standard InChI is InChI=1S/C14H19NO4/c1-2-11(14(17)18)10-15-13(16)8-9-19-12-6-4-3-5-7-12/h3-7,11H,2,8-10H2,1H3,(H,15,16)(H,17,18). The molecule has 0 heterocycles. The second kappa shape index (κ2) is 8.13. The minimum absolute atomic E-state index is 0.163. The summed E-state index contributed by atoms with van der Waals surface area (Å²) in [6.07, 6.45) is 0.709. The molecule has 1 amide bonds. The number of nitrogens with one attached hydrogen (secondary N) is 1. The van der Waals surface area contributed by atoms with E-state index in [-0.39, 0.29) is 25.5 Å². The minimum Gasteiger partial charge on any atom is -0.493 e. The Morgan fingerprint density at radius 3 is 2.58 bits per heavy atom. The van der Waals surface area contributed by atoms with E-state index in [0.29, 0.717) is 12.2 Å².